The van der Waals surface area contributed by atoms with Gasteiger partial charge in [0, 0.05) is 38.9 Å². The van der Waals surface area contributed by atoms with Gasteiger partial charge >= 0.3 is 0 Å². The van der Waals surface area contributed by atoms with Gasteiger partial charge in [0.2, 0.25) is 5.91 Å². The molecule has 1 atom stereocenters. The summed E-state index contributed by atoms with van der Waals surface area (Å²) in [5.74, 6) is 0.706. The molecule has 2 N–H and O–H groups in total. The number of nitrogens with zero attached hydrogens (tertiary/aromatic N) is 3. The van der Waals surface area contributed by atoms with Crippen LogP contribution in [0, 0.1) is 0 Å². The number of nitrogens with one attached hydrogen (secondary N) is 2. The van der Waals surface area contributed by atoms with Crippen LogP contribution in [0.2, 0.25) is 0 Å². The fourth-order valence-electron chi connectivity index (χ4n) is 3.39. The summed E-state index contributed by atoms with van der Waals surface area (Å²) >= 11 is 0. The Kier molecular flexibility index (Phi) is 7.50. The van der Waals surface area contributed by atoms with E-state index in [1.807, 2.05) is 24.3 Å². The van der Waals surface area contributed by atoms with Crippen LogP contribution < -0.4 is 15.5 Å². The third-order valence-electron chi connectivity index (χ3n) is 5.05. The zero-order chi connectivity index (χ0) is 20.5. The lowest BCUT2D eigenvalue weighted by molar-refractivity contribution is -0.127. The zero-order valence-corrected chi connectivity index (χ0v) is 17.3. The number of rotatable bonds is 6. The molecule has 2 aromatic rings. The number of hydrogen-bond donors (Lipinski definition) is 2. The molecule has 6 nitrogen and oxygen atoms in total. The van der Waals surface area contributed by atoms with Crippen LogP contribution in [0.4, 0.5) is 5.69 Å². The first-order valence-corrected chi connectivity index (χ1v) is 10.2. The van der Waals surface area contributed by atoms with Gasteiger partial charge in [-0.15, -0.1) is 0 Å². The van der Waals surface area contributed by atoms with Crippen molar-refractivity contribution in [2.75, 3.05) is 38.6 Å². The van der Waals surface area contributed by atoms with Gasteiger partial charge < -0.3 is 20.4 Å². The molecule has 1 aliphatic rings. The molecule has 1 aliphatic heterocycles. The highest BCUT2D eigenvalue weighted by molar-refractivity contribution is 5.86. The average molecular weight is 394 g/mol. The van der Waals surface area contributed by atoms with Crippen molar-refractivity contribution in [3.63, 3.8) is 0 Å². The summed E-state index contributed by atoms with van der Waals surface area (Å²) in [5.41, 5.74) is 2.39. The monoisotopic (exact) mass is 393 g/mol. The van der Waals surface area contributed by atoms with Gasteiger partial charge in [-0.3, -0.25) is 4.79 Å². The van der Waals surface area contributed by atoms with Crippen LogP contribution in [0.25, 0.3) is 0 Å². The summed E-state index contributed by atoms with van der Waals surface area (Å²) in [7, 11) is 3.52. The van der Waals surface area contributed by atoms with Crippen LogP contribution in [0.5, 0.6) is 0 Å². The third-order valence-corrected chi connectivity index (χ3v) is 5.05. The Morgan fingerprint density at radius 3 is 2.48 bits per heavy atom. The lowest BCUT2D eigenvalue weighted by atomic mass is 10.1. The number of carbonyl (C=O) groups is 1. The molecule has 1 amide bonds. The highest BCUT2D eigenvalue weighted by atomic mass is 16.2. The number of carbonyl (C=O) groups excluding carboxylic acids is 1. The molecule has 6 heteroatoms. The van der Waals surface area contributed by atoms with Crippen LogP contribution in [-0.2, 0) is 11.3 Å². The molecule has 2 aromatic carbocycles. The van der Waals surface area contributed by atoms with E-state index in [0.717, 1.165) is 31.5 Å². The first-order chi connectivity index (χ1) is 14.1. The Labute approximate surface area is 173 Å². The molecule has 1 heterocycles. The Balaban J connectivity index is 1.65. The van der Waals surface area contributed by atoms with Crippen LogP contribution in [0.3, 0.4) is 0 Å². The topological polar surface area (TPSA) is 60.0 Å². The molecule has 0 aromatic heterocycles. The number of piperidine rings is 1. The van der Waals surface area contributed by atoms with Crippen LogP contribution in [0.15, 0.2) is 65.7 Å². The van der Waals surface area contributed by atoms with E-state index in [2.05, 4.69) is 51.9 Å². The lowest BCUT2D eigenvalue weighted by Gasteiger charge is -2.35. The number of aliphatic imine (C=N–C) groups is 1. The SMILES string of the molecule is CN(C)C(=O)CNC(=NCc1ccccc1)NC1CCCN(c2ccccc2)C1. The molecule has 3 rings (SSSR count). The standard InChI is InChI=1S/C23H31N5O/c1-27(2)22(29)17-25-23(24-16-19-10-5-3-6-11-19)26-20-12-9-15-28(18-20)21-13-7-4-8-14-21/h3-8,10-11,13-14,20H,9,12,15-18H2,1-2H3,(H2,24,25,26). The molecule has 0 spiro atoms. The second-order valence-corrected chi connectivity index (χ2v) is 7.56. The minimum atomic E-state index is 0.0220. The van der Waals surface area contributed by atoms with E-state index in [0.29, 0.717) is 12.5 Å². The summed E-state index contributed by atoms with van der Waals surface area (Å²) in [5, 5.41) is 6.75. The quantitative estimate of drug-likeness (QED) is 0.585. The Hall–Kier alpha value is -3.02. The Bertz CT molecular complexity index is 791. The second kappa shape index (κ2) is 10.5. The Morgan fingerprint density at radius 1 is 1.10 bits per heavy atom. The highest BCUT2D eigenvalue weighted by Crippen LogP contribution is 2.19. The lowest BCUT2D eigenvalue weighted by Crippen LogP contribution is -2.52. The fourth-order valence-corrected chi connectivity index (χ4v) is 3.39. The molecule has 29 heavy (non-hydrogen) atoms. The number of likely N-dealkylation sites (N-methyl/N-ethyl adjacent to an activating group) is 1. The van der Waals surface area contributed by atoms with Crippen LogP contribution in [-0.4, -0.2) is 56.5 Å². The maximum atomic E-state index is 12.0. The third kappa shape index (κ3) is 6.52. The van der Waals surface area contributed by atoms with Gasteiger partial charge in [-0.2, -0.15) is 0 Å². The van der Waals surface area contributed by atoms with Crippen molar-refractivity contribution < 1.29 is 4.79 Å². The summed E-state index contributed by atoms with van der Waals surface area (Å²) in [6.45, 7) is 2.77. The van der Waals surface area contributed by atoms with Gasteiger partial charge in [-0.05, 0) is 30.5 Å². The van der Waals surface area contributed by atoms with Crippen molar-refractivity contribution >= 4 is 17.6 Å². The summed E-state index contributed by atoms with van der Waals surface area (Å²) < 4.78 is 0. The number of guanidine groups is 1. The molecule has 1 saturated heterocycles. The van der Waals surface area contributed by atoms with Gasteiger partial charge in [0.15, 0.2) is 5.96 Å². The minimum absolute atomic E-state index is 0.0220. The van der Waals surface area contributed by atoms with E-state index in [9.17, 15) is 4.79 Å². The van der Waals surface area contributed by atoms with Crippen molar-refractivity contribution in [1.82, 2.24) is 15.5 Å². The fraction of sp³-hybridized carbons (Fsp3) is 0.391. The van der Waals surface area contributed by atoms with E-state index in [4.69, 9.17) is 4.99 Å². The Morgan fingerprint density at radius 2 is 1.79 bits per heavy atom. The molecular formula is C23H31N5O. The maximum absolute atomic E-state index is 12.0. The maximum Gasteiger partial charge on any atom is 0.241 e. The second-order valence-electron chi connectivity index (χ2n) is 7.56. The molecule has 0 radical (unpaired) electrons. The number of para-hydroxylation sites is 1. The number of amides is 1. The van der Waals surface area contributed by atoms with Gasteiger partial charge in [-0.25, -0.2) is 4.99 Å². The van der Waals surface area contributed by atoms with Gasteiger partial charge in [0.05, 0.1) is 13.1 Å². The predicted octanol–water partition coefficient (Wildman–Crippen LogP) is 2.48. The number of anilines is 1. The largest absolute Gasteiger partial charge is 0.369 e. The van der Waals surface area contributed by atoms with Gasteiger partial charge in [0.25, 0.3) is 0 Å². The molecule has 0 aliphatic carbocycles. The number of benzene rings is 2. The molecular weight excluding hydrogens is 362 g/mol. The van der Waals surface area contributed by atoms with E-state index in [1.54, 1.807) is 19.0 Å². The van der Waals surface area contributed by atoms with E-state index >= 15 is 0 Å². The molecule has 0 saturated carbocycles. The van der Waals surface area contributed by atoms with Crippen molar-refractivity contribution in [1.29, 1.82) is 0 Å². The van der Waals surface area contributed by atoms with Crippen LogP contribution in [0.1, 0.15) is 18.4 Å². The van der Waals surface area contributed by atoms with Crippen LogP contribution >= 0.6 is 0 Å². The summed E-state index contributed by atoms with van der Waals surface area (Å²) in [4.78, 5) is 20.7. The average Bonchev–Trinajstić information content (AvgIpc) is 2.77. The minimum Gasteiger partial charge on any atom is -0.369 e. The van der Waals surface area contributed by atoms with E-state index < -0.39 is 0 Å². The summed E-state index contributed by atoms with van der Waals surface area (Å²) in [6.07, 6.45) is 2.20. The molecule has 1 unspecified atom stereocenters. The van der Waals surface area contributed by atoms with Crippen molar-refractivity contribution in [3.8, 4) is 0 Å². The number of hydrogen-bond acceptors (Lipinski definition) is 3. The summed E-state index contributed by atoms with van der Waals surface area (Å²) in [6, 6.07) is 20.9. The van der Waals surface area contributed by atoms with Gasteiger partial charge in [0.1, 0.15) is 0 Å². The highest BCUT2D eigenvalue weighted by Gasteiger charge is 2.21. The van der Waals surface area contributed by atoms with Crippen molar-refractivity contribution in [2.45, 2.75) is 25.4 Å². The zero-order valence-electron chi connectivity index (χ0n) is 17.3. The van der Waals surface area contributed by atoms with E-state index in [-0.39, 0.29) is 18.5 Å². The predicted molar refractivity (Wildman–Crippen MR) is 119 cm³/mol. The molecule has 154 valence electrons. The molecule has 0 bridgehead atoms. The first-order valence-electron chi connectivity index (χ1n) is 10.2. The van der Waals surface area contributed by atoms with Gasteiger partial charge in [-0.1, -0.05) is 48.5 Å². The first kappa shape index (κ1) is 20.7. The normalized spacial score (nSPS) is 17.0. The molecule has 1 fully saturated rings. The van der Waals surface area contributed by atoms with E-state index in [1.165, 1.54) is 5.69 Å². The van der Waals surface area contributed by atoms with Crippen molar-refractivity contribution in [3.05, 3.63) is 66.2 Å². The van der Waals surface area contributed by atoms with Crippen molar-refractivity contribution in [2.24, 2.45) is 4.99 Å². The smallest absolute Gasteiger partial charge is 0.241 e.